The lowest BCUT2D eigenvalue weighted by atomic mass is 10.1. The standard InChI is InChI=1S/C15H21FN2O3/c16-13-8-5-4-7-12(13)11-18-15(21)17-10-6-2-1-3-9-14(19)20/h4-5,7-8H,1-3,6,9-11H2,(H,19,20)(H2,17,18,21). The summed E-state index contributed by atoms with van der Waals surface area (Å²) in [4.78, 5) is 21.8. The molecule has 3 N–H and O–H groups in total. The first kappa shape index (κ1) is 16.9. The van der Waals surface area contributed by atoms with Gasteiger partial charge < -0.3 is 15.7 Å². The predicted octanol–water partition coefficient (Wildman–Crippen LogP) is 2.66. The smallest absolute Gasteiger partial charge is 0.315 e. The molecule has 1 rings (SSSR count). The number of amides is 2. The maximum absolute atomic E-state index is 13.3. The van der Waals surface area contributed by atoms with Crippen LogP contribution in [0.5, 0.6) is 0 Å². The van der Waals surface area contributed by atoms with Crippen LogP contribution < -0.4 is 10.6 Å². The van der Waals surface area contributed by atoms with E-state index in [0.717, 1.165) is 19.3 Å². The van der Waals surface area contributed by atoms with Gasteiger partial charge in [0.05, 0.1) is 0 Å². The Hall–Kier alpha value is -2.11. The van der Waals surface area contributed by atoms with E-state index in [1.54, 1.807) is 18.2 Å². The Kier molecular flexibility index (Phi) is 7.86. The van der Waals surface area contributed by atoms with Crippen LogP contribution in [-0.2, 0) is 11.3 Å². The zero-order chi connectivity index (χ0) is 15.5. The monoisotopic (exact) mass is 296 g/mol. The molecule has 0 atom stereocenters. The molecular formula is C15H21FN2O3. The SMILES string of the molecule is O=C(O)CCCCCCNC(=O)NCc1ccccc1F. The molecule has 0 aliphatic carbocycles. The van der Waals surface area contributed by atoms with Gasteiger partial charge in [-0.15, -0.1) is 0 Å². The third kappa shape index (κ3) is 7.91. The number of hydrogen-bond donors (Lipinski definition) is 3. The molecule has 0 spiro atoms. The van der Waals surface area contributed by atoms with Gasteiger partial charge in [0.25, 0.3) is 0 Å². The number of unbranched alkanes of at least 4 members (excludes halogenated alkanes) is 3. The number of rotatable bonds is 9. The molecule has 116 valence electrons. The number of benzene rings is 1. The summed E-state index contributed by atoms with van der Waals surface area (Å²) in [5, 5.41) is 13.7. The Morgan fingerprint density at radius 1 is 1.05 bits per heavy atom. The quantitative estimate of drug-likeness (QED) is 0.613. The highest BCUT2D eigenvalue weighted by Crippen LogP contribution is 2.05. The van der Waals surface area contributed by atoms with Crippen molar-refractivity contribution in [1.29, 1.82) is 0 Å². The Morgan fingerprint density at radius 2 is 1.76 bits per heavy atom. The third-order valence-electron chi connectivity index (χ3n) is 3.00. The Labute approximate surface area is 123 Å². The fourth-order valence-electron chi connectivity index (χ4n) is 1.84. The predicted molar refractivity (Wildman–Crippen MR) is 77.4 cm³/mol. The van der Waals surface area contributed by atoms with Gasteiger partial charge in [0.1, 0.15) is 5.82 Å². The van der Waals surface area contributed by atoms with Crippen LogP contribution in [0.15, 0.2) is 24.3 Å². The van der Waals surface area contributed by atoms with Gasteiger partial charge in [0, 0.05) is 25.1 Å². The number of carbonyl (C=O) groups excluding carboxylic acids is 1. The minimum atomic E-state index is -0.777. The van der Waals surface area contributed by atoms with Crippen molar-refractivity contribution in [3.63, 3.8) is 0 Å². The van der Waals surface area contributed by atoms with Crippen molar-refractivity contribution in [3.05, 3.63) is 35.6 Å². The first-order chi connectivity index (χ1) is 10.1. The summed E-state index contributed by atoms with van der Waals surface area (Å²) in [6.45, 7) is 0.674. The maximum atomic E-state index is 13.3. The summed E-state index contributed by atoms with van der Waals surface area (Å²) >= 11 is 0. The number of halogens is 1. The Morgan fingerprint density at radius 3 is 2.48 bits per heavy atom. The van der Waals surface area contributed by atoms with E-state index in [2.05, 4.69) is 10.6 Å². The van der Waals surface area contributed by atoms with E-state index in [4.69, 9.17) is 5.11 Å². The second-order valence-corrected chi connectivity index (χ2v) is 4.76. The molecule has 0 aromatic heterocycles. The Bertz CT molecular complexity index is 466. The number of aliphatic carboxylic acids is 1. The summed E-state index contributed by atoms with van der Waals surface area (Å²) in [6, 6.07) is 5.96. The van der Waals surface area contributed by atoms with Gasteiger partial charge in [0.2, 0.25) is 0 Å². The van der Waals surface area contributed by atoms with Crippen LogP contribution in [0, 0.1) is 5.82 Å². The average molecular weight is 296 g/mol. The zero-order valence-corrected chi connectivity index (χ0v) is 11.9. The molecule has 5 nitrogen and oxygen atoms in total. The van der Waals surface area contributed by atoms with Crippen molar-refractivity contribution in [2.75, 3.05) is 6.54 Å². The van der Waals surface area contributed by atoms with Crippen molar-refractivity contribution >= 4 is 12.0 Å². The third-order valence-corrected chi connectivity index (χ3v) is 3.00. The molecule has 0 bridgehead atoms. The lowest BCUT2D eigenvalue weighted by Gasteiger charge is -2.08. The van der Waals surface area contributed by atoms with E-state index in [-0.39, 0.29) is 24.8 Å². The second kappa shape index (κ2) is 9.74. The van der Waals surface area contributed by atoms with Crippen LogP contribution in [0.1, 0.15) is 37.7 Å². The lowest BCUT2D eigenvalue weighted by Crippen LogP contribution is -2.35. The highest BCUT2D eigenvalue weighted by molar-refractivity contribution is 5.73. The van der Waals surface area contributed by atoms with Crippen LogP contribution in [0.25, 0.3) is 0 Å². The number of hydrogen-bond acceptors (Lipinski definition) is 2. The molecule has 21 heavy (non-hydrogen) atoms. The topological polar surface area (TPSA) is 78.4 Å². The van der Waals surface area contributed by atoms with Crippen molar-refractivity contribution in [1.82, 2.24) is 10.6 Å². The molecule has 0 aliphatic heterocycles. The molecule has 0 saturated carbocycles. The van der Waals surface area contributed by atoms with E-state index in [1.165, 1.54) is 6.07 Å². The molecule has 0 radical (unpaired) electrons. The molecule has 6 heteroatoms. The fourth-order valence-corrected chi connectivity index (χ4v) is 1.84. The van der Waals surface area contributed by atoms with Crippen LogP contribution >= 0.6 is 0 Å². The minimum Gasteiger partial charge on any atom is -0.481 e. The van der Waals surface area contributed by atoms with Crippen LogP contribution in [0.2, 0.25) is 0 Å². The minimum absolute atomic E-state index is 0.150. The molecule has 0 heterocycles. The Balaban J connectivity index is 2.04. The first-order valence-corrected chi connectivity index (χ1v) is 7.06. The average Bonchev–Trinajstić information content (AvgIpc) is 2.45. The van der Waals surface area contributed by atoms with Crippen molar-refractivity contribution in [3.8, 4) is 0 Å². The highest BCUT2D eigenvalue weighted by atomic mass is 19.1. The van der Waals surface area contributed by atoms with Crippen molar-refractivity contribution in [2.45, 2.75) is 38.6 Å². The van der Waals surface area contributed by atoms with Gasteiger partial charge in [-0.05, 0) is 18.9 Å². The van der Waals surface area contributed by atoms with Gasteiger partial charge >= 0.3 is 12.0 Å². The summed E-state index contributed by atoms with van der Waals surface area (Å²) < 4.78 is 13.3. The number of carboxylic acid groups (broad SMARTS) is 1. The number of urea groups is 1. The van der Waals surface area contributed by atoms with Crippen LogP contribution in [0.4, 0.5) is 9.18 Å². The molecule has 2 amide bonds. The summed E-state index contributed by atoms with van der Waals surface area (Å²) in [7, 11) is 0. The molecule has 1 aromatic carbocycles. The van der Waals surface area contributed by atoms with Gasteiger partial charge in [-0.2, -0.15) is 0 Å². The molecule has 0 saturated heterocycles. The van der Waals surface area contributed by atoms with Crippen molar-refractivity contribution in [2.24, 2.45) is 0 Å². The van der Waals surface area contributed by atoms with E-state index in [1.807, 2.05) is 0 Å². The van der Waals surface area contributed by atoms with E-state index < -0.39 is 5.97 Å². The van der Waals surface area contributed by atoms with E-state index in [0.29, 0.717) is 18.5 Å². The molecule has 0 unspecified atom stereocenters. The van der Waals surface area contributed by atoms with Gasteiger partial charge in [0.15, 0.2) is 0 Å². The van der Waals surface area contributed by atoms with Gasteiger partial charge in [-0.1, -0.05) is 31.0 Å². The number of carboxylic acids is 1. The van der Waals surface area contributed by atoms with Crippen molar-refractivity contribution < 1.29 is 19.1 Å². The second-order valence-electron chi connectivity index (χ2n) is 4.76. The molecule has 0 aliphatic rings. The molecular weight excluding hydrogens is 275 g/mol. The summed E-state index contributed by atoms with van der Waals surface area (Å²) in [5.74, 6) is -1.11. The molecule has 1 aromatic rings. The fraction of sp³-hybridized carbons (Fsp3) is 0.467. The van der Waals surface area contributed by atoms with Crippen LogP contribution in [0.3, 0.4) is 0 Å². The van der Waals surface area contributed by atoms with Gasteiger partial charge in [-0.25, -0.2) is 9.18 Å². The summed E-state index contributed by atoms with van der Waals surface area (Å²) in [5.41, 5.74) is 0.446. The van der Waals surface area contributed by atoms with Crippen LogP contribution in [-0.4, -0.2) is 23.7 Å². The largest absolute Gasteiger partial charge is 0.481 e. The van der Waals surface area contributed by atoms with E-state index in [9.17, 15) is 14.0 Å². The van der Waals surface area contributed by atoms with Gasteiger partial charge in [-0.3, -0.25) is 4.79 Å². The zero-order valence-electron chi connectivity index (χ0n) is 11.9. The number of nitrogens with one attached hydrogen (secondary N) is 2. The molecule has 0 fully saturated rings. The summed E-state index contributed by atoms with van der Waals surface area (Å²) in [6.07, 6.45) is 3.36. The number of carbonyl (C=O) groups is 2. The maximum Gasteiger partial charge on any atom is 0.315 e. The van der Waals surface area contributed by atoms with E-state index >= 15 is 0 Å². The lowest BCUT2D eigenvalue weighted by molar-refractivity contribution is -0.137. The normalized spacial score (nSPS) is 10.1. The highest BCUT2D eigenvalue weighted by Gasteiger charge is 2.03. The first-order valence-electron chi connectivity index (χ1n) is 7.06.